The molecule has 0 rings (SSSR count). The average molecular weight is 853 g/mol. The van der Waals surface area contributed by atoms with Crippen molar-refractivity contribution in [3.63, 3.8) is 0 Å². The van der Waals surface area contributed by atoms with Crippen LogP contribution in [0.2, 0.25) is 0 Å². The van der Waals surface area contributed by atoms with Gasteiger partial charge in [0.2, 0.25) is 0 Å². The van der Waals surface area contributed by atoms with Gasteiger partial charge in [0.05, 0.1) is 25.9 Å². The van der Waals surface area contributed by atoms with Gasteiger partial charge in [-0.05, 0) is 50.9 Å². The highest BCUT2D eigenvalue weighted by Gasteiger charge is 2.28. The number of aliphatic hydroxyl groups is 2. The van der Waals surface area contributed by atoms with E-state index in [1.807, 2.05) is 12.2 Å². The summed E-state index contributed by atoms with van der Waals surface area (Å²) in [5.74, 6) is -0.454. The lowest BCUT2D eigenvalue weighted by atomic mass is 9.99. The number of phosphoric acid groups is 2. The molecule has 5 N–H and O–H groups in total. The number of hydrogen-bond acceptors (Lipinski definition) is 11. The summed E-state index contributed by atoms with van der Waals surface area (Å²) in [6.45, 7) is 3.79. The van der Waals surface area contributed by atoms with Gasteiger partial charge in [-0.2, -0.15) is 0 Å². The first-order chi connectivity index (χ1) is 27.2. The number of phosphoric ester groups is 2. The second kappa shape index (κ2) is 35.9. The SMILES string of the molecule is CCCCC/C=C\C/C=C\C/C=C\C=C\[C@H](O)CCCC(=O)O[C@H](COC(=O)CCCCCCCCCCC(C)CC)COP(=O)(O)OC[C@@H](O)COP(=O)(O)O. The van der Waals surface area contributed by atoms with E-state index in [1.165, 1.54) is 57.8 Å². The molecule has 0 heterocycles. The minimum Gasteiger partial charge on any atom is -0.462 e. The Kier molecular flexibility index (Phi) is 34.7. The molecule has 0 aromatic carbocycles. The molecule has 0 aliphatic heterocycles. The number of hydrogen-bond donors (Lipinski definition) is 5. The van der Waals surface area contributed by atoms with Gasteiger partial charge >= 0.3 is 27.6 Å². The molecule has 0 spiro atoms. The molecular formula is C41H74O14P2. The van der Waals surface area contributed by atoms with Gasteiger partial charge in [-0.3, -0.25) is 23.2 Å². The standard InChI is InChI=1S/C41H74O14P2/c1-4-6-7-8-9-10-11-12-13-14-18-21-24-28-37(42)29-26-31-41(45)55-39(35-54-57(49,50)53-33-38(43)32-52-56(46,47)48)34-51-40(44)30-25-22-19-16-15-17-20-23-27-36(3)5-2/h9-10,12-13,18,21,24,28,36-39,42-43H,4-8,11,14-17,19-20,22-23,25-27,29-35H2,1-3H3,(H,49,50)(H2,46,47,48)/b10-9-,13-12-,21-18-,28-24+/t36?,37-,38-,39+/m0/s1. The maximum atomic E-state index is 12.6. The van der Waals surface area contributed by atoms with Crippen LogP contribution in [0, 0.1) is 5.92 Å². The highest BCUT2D eigenvalue weighted by atomic mass is 31.2. The van der Waals surface area contributed by atoms with Crippen LogP contribution in [-0.2, 0) is 41.8 Å². The fourth-order valence-corrected chi connectivity index (χ4v) is 6.41. The molecule has 0 aromatic rings. The Labute approximate surface area is 342 Å². The summed E-state index contributed by atoms with van der Waals surface area (Å²) in [7, 11) is -9.74. The van der Waals surface area contributed by atoms with E-state index in [1.54, 1.807) is 12.2 Å². The van der Waals surface area contributed by atoms with E-state index in [4.69, 9.17) is 23.8 Å². The Morgan fingerprint density at radius 1 is 0.632 bits per heavy atom. The molecule has 0 radical (unpaired) electrons. The molecule has 57 heavy (non-hydrogen) atoms. The summed E-state index contributed by atoms with van der Waals surface area (Å²) >= 11 is 0. The van der Waals surface area contributed by atoms with Crippen LogP contribution in [0.3, 0.4) is 0 Å². The van der Waals surface area contributed by atoms with Crippen molar-refractivity contribution in [2.45, 2.75) is 167 Å². The Bertz CT molecular complexity index is 1230. The summed E-state index contributed by atoms with van der Waals surface area (Å²) in [6.07, 6.45) is 30.1. The fourth-order valence-electron chi connectivity index (χ4n) is 5.25. The van der Waals surface area contributed by atoms with Crippen LogP contribution in [0.1, 0.15) is 149 Å². The zero-order chi connectivity index (χ0) is 42.6. The highest BCUT2D eigenvalue weighted by molar-refractivity contribution is 7.47. The predicted molar refractivity (Wildman–Crippen MR) is 222 cm³/mol. The first-order valence-corrected chi connectivity index (χ1v) is 23.9. The van der Waals surface area contributed by atoms with Gasteiger partial charge in [0, 0.05) is 12.8 Å². The monoisotopic (exact) mass is 852 g/mol. The first-order valence-electron chi connectivity index (χ1n) is 20.8. The summed E-state index contributed by atoms with van der Waals surface area (Å²) in [4.78, 5) is 52.6. The van der Waals surface area contributed by atoms with Crippen LogP contribution >= 0.6 is 15.6 Å². The van der Waals surface area contributed by atoms with Gasteiger partial charge in [0.1, 0.15) is 12.7 Å². The molecule has 0 aliphatic rings. The molecule has 5 atom stereocenters. The highest BCUT2D eigenvalue weighted by Crippen LogP contribution is 2.43. The summed E-state index contributed by atoms with van der Waals surface area (Å²) in [5, 5.41) is 20.0. The number of allylic oxidation sites excluding steroid dienone is 7. The van der Waals surface area contributed by atoms with Crippen molar-refractivity contribution in [1.82, 2.24) is 0 Å². The topological polar surface area (TPSA) is 216 Å². The van der Waals surface area contributed by atoms with Gasteiger partial charge < -0.3 is 34.4 Å². The summed E-state index contributed by atoms with van der Waals surface area (Å²) in [5.41, 5.74) is 0. The van der Waals surface area contributed by atoms with Crippen molar-refractivity contribution in [3.8, 4) is 0 Å². The minimum absolute atomic E-state index is 0.0973. The number of unbranched alkanes of at least 4 members (excludes halogenated alkanes) is 10. The third-order valence-electron chi connectivity index (χ3n) is 8.86. The van der Waals surface area contributed by atoms with Crippen LogP contribution in [0.4, 0.5) is 0 Å². The molecule has 0 aliphatic carbocycles. The molecule has 0 saturated carbocycles. The molecule has 332 valence electrons. The number of esters is 2. The zero-order valence-electron chi connectivity index (χ0n) is 34.7. The van der Waals surface area contributed by atoms with Gasteiger partial charge in [-0.15, -0.1) is 0 Å². The van der Waals surface area contributed by atoms with Crippen molar-refractivity contribution in [2.24, 2.45) is 5.92 Å². The van der Waals surface area contributed by atoms with E-state index in [2.05, 4.69) is 54.1 Å². The third-order valence-corrected chi connectivity index (χ3v) is 10.3. The van der Waals surface area contributed by atoms with E-state index in [9.17, 15) is 33.8 Å². The van der Waals surface area contributed by atoms with Crippen molar-refractivity contribution >= 4 is 27.6 Å². The molecular weight excluding hydrogens is 778 g/mol. The molecule has 0 fully saturated rings. The van der Waals surface area contributed by atoms with E-state index in [-0.39, 0.29) is 25.7 Å². The lowest BCUT2D eigenvalue weighted by molar-refractivity contribution is -0.161. The third kappa shape index (κ3) is 39.3. The number of carbonyl (C=O) groups is 2. The van der Waals surface area contributed by atoms with Crippen LogP contribution in [0.25, 0.3) is 0 Å². The largest absolute Gasteiger partial charge is 0.472 e. The van der Waals surface area contributed by atoms with Crippen LogP contribution in [0.5, 0.6) is 0 Å². The maximum Gasteiger partial charge on any atom is 0.472 e. The predicted octanol–water partition coefficient (Wildman–Crippen LogP) is 9.11. The summed E-state index contributed by atoms with van der Waals surface area (Å²) < 4.78 is 47.5. The van der Waals surface area contributed by atoms with Crippen molar-refractivity contribution < 1.29 is 66.7 Å². The van der Waals surface area contributed by atoms with E-state index >= 15 is 0 Å². The Balaban J connectivity index is 4.77. The normalized spacial score (nSPS) is 15.7. The van der Waals surface area contributed by atoms with Gasteiger partial charge in [0.15, 0.2) is 6.10 Å². The van der Waals surface area contributed by atoms with E-state index in [0.29, 0.717) is 6.42 Å². The van der Waals surface area contributed by atoms with Crippen LogP contribution in [0.15, 0.2) is 48.6 Å². The Morgan fingerprint density at radius 2 is 1.23 bits per heavy atom. The van der Waals surface area contributed by atoms with Gasteiger partial charge in [0.25, 0.3) is 0 Å². The number of aliphatic hydroxyl groups excluding tert-OH is 2. The number of carbonyl (C=O) groups excluding carboxylic acids is 2. The minimum atomic E-state index is -4.88. The smallest absolute Gasteiger partial charge is 0.462 e. The van der Waals surface area contributed by atoms with Crippen LogP contribution < -0.4 is 0 Å². The number of ether oxygens (including phenoxy) is 2. The van der Waals surface area contributed by atoms with Crippen molar-refractivity contribution in [3.05, 3.63) is 48.6 Å². The van der Waals surface area contributed by atoms with Crippen molar-refractivity contribution in [1.29, 1.82) is 0 Å². The second-order valence-corrected chi connectivity index (χ2v) is 17.1. The fraction of sp³-hybridized carbons (Fsp3) is 0.756. The molecule has 0 saturated heterocycles. The lowest BCUT2D eigenvalue weighted by Gasteiger charge is -2.20. The van der Waals surface area contributed by atoms with Gasteiger partial charge in [-0.1, -0.05) is 140 Å². The Morgan fingerprint density at radius 3 is 1.89 bits per heavy atom. The van der Waals surface area contributed by atoms with E-state index < -0.39 is 72.3 Å². The molecule has 0 bridgehead atoms. The van der Waals surface area contributed by atoms with Crippen molar-refractivity contribution in [2.75, 3.05) is 26.4 Å². The molecule has 0 aromatic heterocycles. The quantitative estimate of drug-likeness (QED) is 0.0129. The molecule has 0 amide bonds. The summed E-state index contributed by atoms with van der Waals surface area (Å²) in [6, 6.07) is 0. The maximum absolute atomic E-state index is 12.6. The Hall–Kier alpha value is -1.96. The van der Waals surface area contributed by atoms with Crippen LogP contribution in [-0.4, -0.2) is 81.6 Å². The zero-order valence-corrected chi connectivity index (χ0v) is 36.5. The van der Waals surface area contributed by atoms with Gasteiger partial charge in [-0.25, -0.2) is 9.13 Å². The van der Waals surface area contributed by atoms with E-state index in [0.717, 1.165) is 44.4 Å². The number of rotatable bonds is 38. The first kappa shape index (κ1) is 55.0. The second-order valence-electron chi connectivity index (χ2n) is 14.4. The average Bonchev–Trinajstić information content (AvgIpc) is 3.16. The molecule has 2 unspecified atom stereocenters. The molecule has 14 nitrogen and oxygen atoms in total. The molecule has 16 heteroatoms. The lowest BCUT2D eigenvalue weighted by Crippen LogP contribution is -2.30.